The topological polar surface area (TPSA) is 58.4 Å². The number of aliphatic hydroxyl groups excluding tert-OH is 1. The second-order valence-corrected chi connectivity index (χ2v) is 5.93. The minimum absolute atomic E-state index is 0.00348. The highest BCUT2D eigenvalue weighted by Gasteiger charge is 2.55. The van der Waals surface area contributed by atoms with E-state index in [-0.39, 0.29) is 31.8 Å². The number of piperidine rings is 1. The van der Waals surface area contributed by atoms with Gasteiger partial charge >= 0.3 is 6.18 Å². The van der Waals surface area contributed by atoms with Crippen molar-refractivity contribution in [1.29, 1.82) is 0 Å². The average Bonchev–Trinajstić information content (AvgIpc) is 2.91. The van der Waals surface area contributed by atoms with Crippen LogP contribution in [0.1, 0.15) is 31.2 Å². The predicted molar refractivity (Wildman–Crippen MR) is 73.0 cm³/mol. The molecule has 1 atom stereocenters. The van der Waals surface area contributed by atoms with Crippen LogP contribution in [0, 0.1) is 5.41 Å². The Balaban J connectivity index is 2.03. The first-order valence-corrected chi connectivity index (χ1v) is 7.15. The zero-order valence-electron chi connectivity index (χ0n) is 12.6. The Morgan fingerprint density at radius 2 is 2.05 bits per heavy atom. The van der Waals surface area contributed by atoms with E-state index < -0.39 is 24.1 Å². The number of amides is 1. The third-order valence-corrected chi connectivity index (χ3v) is 4.53. The fraction of sp³-hybridized carbons (Fsp3) is 0.714. The summed E-state index contributed by atoms with van der Waals surface area (Å²) in [7, 11) is 1.74. The Labute approximate surface area is 126 Å². The molecule has 0 radical (unpaired) electrons. The Hall–Kier alpha value is -1.57. The summed E-state index contributed by atoms with van der Waals surface area (Å²) in [6, 6.07) is 0. The van der Waals surface area contributed by atoms with Crippen molar-refractivity contribution in [2.45, 2.75) is 31.9 Å². The molecule has 2 heterocycles. The average molecular weight is 319 g/mol. The Kier molecular flexibility index (Phi) is 4.51. The maximum Gasteiger partial charge on any atom is 0.396 e. The second-order valence-electron chi connectivity index (χ2n) is 5.93. The van der Waals surface area contributed by atoms with Crippen molar-refractivity contribution in [2.75, 3.05) is 19.7 Å². The minimum Gasteiger partial charge on any atom is -0.395 e. The molecule has 1 aliphatic rings. The van der Waals surface area contributed by atoms with E-state index in [0.29, 0.717) is 0 Å². The number of carbonyl (C=O) groups excluding carboxylic acids is 1. The standard InChI is InChI=1S/C14H20F3N3O2/c1-10(11-7-18-19(2)8-11)12(22)20-5-3-13(9-21,4-6-20)14(15,16)17/h7-8,10,21H,3-6,9H2,1-2H3. The first-order chi connectivity index (χ1) is 10.2. The van der Waals surface area contributed by atoms with Crippen LogP contribution in [-0.4, -0.2) is 51.6 Å². The largest absolute Gasteiger partial charge is 0.396 e. The number of likely N-dealkylation sites (tertiary alicyclic amines) is 1. The molecular weight excluding hydrogens is 299 g/mol. The molecule has 1 unspecified atom stereocenters. The zero-order valence-corrected chi connectivity index (χ0v) is 12.6. The molecule has 0 spiro atoms. The van der Waals surface area contributed by atoms with Gasteiger partial charge < -0.3 is 10.0 Å². The van der Waals surface area contributed by atoms with Gasteiger partial charge in [0.2, 0.25) is 5.91 Å². The number of aliphatic hydroxyl groups is 1. The lowest BCUT2D eigenvalue weighted by molar-refractivity contribution is -0.248. The summed E-state index contributed by atoms with van der Waals surface area (Å²) in [6.07, 6.45) is -1.68. The van der Waals surface area contributed by atoms with Gasteiger partial charge in [0.15, 0.2) is 0 Å². The summed E-state index contributed by atoms with van der Waals surface area (Å²) in [5.41, 5.74) is -1.34. The van der Waals surface area contributed by atoms with Gasteiger partial charge in [0.1, 0.15) is 0 Å². The molecule has 1 aliphatic heterocycles. The Bertz CT molecular complexity index is 534. The van der Waals surface area contributed by atoms with E-state index in [1.807, 2.05) is 0 Å². The summed E-state index contributed by atoms with van der Waals surface area (Å²) in [4.78, 5) is 13.8. The highest BCUT2D eigenvalue weighted by molar-refractivity contribution is 5.83. The van der Waals surface area contributed by atoms with Crippen LogP contribution in [0.25, 0.3) is 0 Å². The third kappa shape index (κ3) is 2.97. The van der Waals surface area contributed by atoms with Crippen molar-refractivity contribution >= 4 is 5.91 Å². The fourth-order valence-corrected chi connectivity index (χ4v) is 2.77. The first-order valence-electron chi connectivity index (χ1n) is 7.15. The predicted octanol–water partition coefficient (Wildman–Crippen LogP) is 1.69. The molecule has 5 nitrogen and oxygen atoms in total. The minimum atomic E-state index is -4.45. The smallest absolute Gasteiger partial charge is 0.395 e. The molecule has 0 aliphatic carbocycles. The number of nitrogens with zero attached hydrogens (tertiary/aromatic N) is 3. The molecular formula is C14H20F3N3O2. The number of carbonyl (C=O) groups is 1. The van der Waals surface area contributed by atoms with E-state index >= 15 is 0 Å². The van der Waals surface area contributed by atoms with Crippen molar-refractivity contribution < 1.29 is 23.1 Å². The van der Waals surface area contributed by atoms with E-state index in [0.717, 1.165) is 5.56 Å². The normalized spacial score (nSPS) is 20.0. The number of alkyl halides is 3. The number of hydrogen-bond acceptors (Lipinski definition) is 3. The van der Waals surface area contributed by atoms with E-state index in [4.69, 9.17) is 5.11 Å². The summed E-state index contributed by atoms with van der Waals surface area (Å²) in [5.74, 6) is -0.650. The number of hydrogen-bond donors (Lipinski definition) is 1. The molecule has 1 amide bonds. The van der Waals surface area contributed by atoms with Gasteiger partial charge in [0.05, 0.1) is 24.1 Å². The van der Waals surface area contributed by atoms with Gasteiger partial charge in [-0.2, -0.15) is 18.3 Å². The van der Waals surface area contributed by atoms with Crippen molar-refractivity contribution in [3.05, 3.63) is 18.0 Å². The highest BCUT2D eigenvalue weighted by atomic mass is 19.4. The van der Waals surface area contributed by atoms with Crippen LogP contribution in [0.15, 0.2) is 12.4 Å². The molecule has 22 heavy (non-hydrogen) atoms. The first kappa shape index (κ1) is 16.8. The molecule has 0 saturated carbocycles. The third-order valence-electron chi connectivity index (χ3n) is 4.53. The lowest BCUT2D eigenvalue weighted by Gasteiger charge is -2.42. The summed E-state index contributed by atoms with van der Waals surface area (Å²) < 4.78 is 40.8. The number of aromatic nitrogens is 2. The molecule has 1 fully saturated rings. The molecule has 1 saturated heterocycles. The van der Waals surface area contributed by atoms with Gasteiger partial charge in [-0.3, -0.25) is 9.48 Å². The fourth-order valence-electron chi connectivity index (χ4n) is 2.77. The molecule has 1 N–H and O–H groups in total. The van der Waals surface area contributed by atoms with Crippen LogP contribution in [0.3, 0.4) is 0 Å². The summed E-state index contributed by atoms with van der Waals surface area (Å²) in [5, 5.41) is 13.2. The number of aryl methyl sites for hydroxylation is 1. The van der Waals surface area contributed by atoms with E-state index in [1.165, 1.54) is 4.90 Å². The lowest BCUT2D eigenvalue weighted by atomic mass is 9.78. The summed E-state index contributed by atoms with van der Waals surface area (Å²) >= 11 is 0. The quantitative estimate of drug-likeness (QED) is 0.922. The molecule has 2 rings (SSSR count). The van der Waals surface area contributed by atoms with Gasteiger partial charge in [-0.25, -0.2) is 0 Å². The molecule has 1 aromatic rings. The van der Waals surface area contributed by atoms with Crippen molar-refractivity contribution in [2.24, 2.45) is 12.5 Å². The lowest BCUT2D eigenvalue weighted by Crippen LogP contribution is -2.52. The van der Waals surface area contributed by atoms with Crippen LogP contribution in [0.2, 0.25) is 0 Å². The Morgan fingerprint density at radius 3 is 2.45 bits per heavy atom. The monoisotopic (exact) mass is 319 g/mol. The van der Waals surface area contributed by atoms with E-state index in [1.54, 1.807) is 31.0 Å². The molecule has 124 valence electrons. The van der Waals surface area contributed by atoms with E-state index in [2.05, 4.69) is 5.10 Å². The second kappa shape index (κ2) is 5.91. The SMILES string of the molecule is CC(C(=O)N1CCC(CO)(C(F)(F)F)CC1)c1cnn(C)c1. The van der Waals surface area contributed by atoms with Gasteiger partial charge in [-0.15, -0.1) is 0 Å². The molecule has 0 aromatic carbocycles. The Morgan fingerprint density at radius 1 is 1.45 bits per heavy atom. The van der Waals surface area contributed by atoms with Gasteiger partial charge in [-0.1, -0.05) is 0 Å². The number of halogens is 3. The van der Waals surface area contributed by atoms with Gasteiger partial charge in [-0.05, 0) is 19.8 Å². The van der Waals surface area contributed by atoms with Crippen LogP contribution in [-0.2, 0) is 11.8 Å². The maximum absolute atomic E-state index is 13.1. The molecule has 1 aromatic heterocycles. The van der Waals surface area contributed by atoms with Crippen LogP contribution >= 0.6 is 0 Å². The molecule has 0 bridgehead atoms. The van der Waals surface area contributed by atoms with Crippen molar-refractivity contribution in [3.63, 3.8) is 0 Å². The van der Waals surface area contributed by atoms with E-state index in [9.17, 15) is 18.0 Å². The number of rotatable bonds is 3. The van der Waals surface area contributed by atoms with Gasteiger partial charge in [0.25, 0.3) is 0 Å². The van der Waals surface area contributed by atoms with Crippen LogP contribution in [0.5, 0.6) is 0 Å². The molecule has 8 heteroatoms. The zero-order chi connectivity index (χ0) is 16.5. The van der Waals surface area contributed by atoms with Crippen molar-refractivity contribution in [3.8, 4) is 0 Å². The van der Waals surface area contributed by atoms with Crippen molar-refractivity contribution in [1.82, 2.24) is 14.7 Å². The van der Waals surface area contributed by atoms with Crippen LogP contribution in [0.4, 0.5) is 13.2 Å². The maximum atomic E-state index is 13.1. The summed E-state index contributed by atoms with van der Waals surface area (Å²) in [6.45, 7) is 0.792. The highest BCUT2D eigenvalue weighted by Crippen LogP contribution is 2.46. The van der Waals surface area contributed by atoms with Gasteiger partial charge in [0, 0.05) is 31.9 Å². The van der Waals surface area contributed by atoms with Crippen LogP contribution < -0.4 is 0 Å².